The van der Waals surface area contributed by atoms with Gasteiger partial charge in [0.15, 0.2) is 5.84 Å². The van der Waals surface area contributed by atoms with Crippen LogP contribution in [-0.2, 0) is 18.0 Å². The summed E-state index contributed by atoms with van der Waals surface area (Å²) in [5.74, 6) is 4.20. The molecule has 1 aromatic heterocycles. The fourth-order valence-electron chi connectivity index (χ4n) is 4.92. The number of carboxylic acid groups (broad SMARTS) is 1. The van der Waals surface area contributed by atoms with Crippen LogP contribution in [0.2, 0.25) is 0 Å². The molecule has 1 amide bonds. The summed E-state index contributed by atoms with van der Waals surface area (Å²) in [4.78, 5) is 44.3. The molecule has 234 valence electrons. The largest absolute Gasteiger partial charge is 0.478 e. The number of carbonyl (C=O) groups excluding carboxylic acids is 1. The van der Waals surface area contributed by atoms with Gasteiger partial charge in [-0.05, 0) is 53.4 Å². The summed E-state index contributed by atoms with van der Waals surface area (Å²) < 4.78 is 7.47. The molecule has 14 nitrogen and oxygen atoms in total. The summed E-state index contributed by atoms with van der Waals surface area (Å²) >= 11 is 0. The molecule has 0 atom stereocenters. The molecule has 0 aliphatic carbocycles. The van der Waals surface area contributed by atoms with Crippen LogP contribution in [0.1, 0.15) is 44.3 Å². The number of hydrogen-bond donors (Lipinski definition) is 3. The molecule has 14 heteroatoms. The van der Waals surface area contributed by atoms with Crippen LogP contribution in [0.5, 0.6) is 6.01 Å². The third-order valence-electron chi connectivity index (χ3n) is 6.98. The highest BCUT2D eigenvalue weighted by atomic mass is 16.9. The van der Waals surface area contributed by atoms with E-state index in [9.17, 15) is 24.8 Å². The zero-order valence-electron chi connectivity index (χ0n) is 24.6. The maximum Gasteiger partial charge on any atom is 0.337 e. The van der Waals surface area contributed by atoms with Gasteiger partial charge in [0, 0.05) is 11.1 Å². The first-order valence-corrected chi connectivity index (χ1v) is 14.0. The Labute approximate surface area is 262 Å². The van der Waals surface area contributed by atoms with Gasteiger partial charge in [-0.25, -0.2) is 10.6 Å². The third-order valence-corrected chi connectivity index (χ3v) is 6.98. The first kappa shape index (κ1) is 31.2. The molecule has 0 radical (unpaired) electrons. The van der Waals surface area contributed by atoms with Gasteiger partial charge in [0.25, 0.3) is 17.0 Å². The molecule has 0 aliphatic rings. The summed E-state index contributed by atoms with van der Waals surface area (Å²) in [6, 6.07) is 26.1. The number of imidazole rings is 1. The molecule has 4 aromatic carbocycles. The first-order chi connectivity index (χ1) is 22.2. The summed E-state index contributed by atoms with van der Waals surface area (Å²) in [6.45, 7) is 2.18. The van der Waals surface area contributed by atoms with Gasteiger partial charge in [-0.15, -0.1) is 15.2 Å². The van der Waals surface area contributed by atoms with Gasteiger partial charge >= 0.3 is 5.97 Å². The molecule has 0 bridgehead atoms. The van der Waals surface area contributed by atoms with E-state index in [1.807, 2.05) is 43.3 Å². The first-order valence-electron chi connectivity index (χ1n) is 14.0. The molecule has 0 spiro atoms. The molecule has 5 aromatic rings. The number of benzene rings is 4. The second-order valence-electron chi connectivity index (χ2n) is 9.97. The van der Waals surface area contributed by atoms with Gasteiger partial charge in [-0.3, -0.25) is 9.36 Å². The predicted molar refractivity (Wildman–Crippen MR) is 168 cm³/mol. The number of para-hydroxylation sites is 1. The summed E-state index contributed by atoms with van der Waals surface area (Å²) in [5, 5.41) is 24.1. The number of hydrogen-bond acceptors (Lipinski definition) is 9. The Hall–Kier alpha value is -6.28. The van der Waals surface area contributed by atoms with Crippen LogP contribution < -0.4 is 16.3 Å². The molecule has 46 heavy (non-hydrogen) atoms. The fraction of sp³-hybridized carbons (Fsp3) is 0.125. The molecular weight excluding hydrogens is 594 g/mol. The standard InChI is InChI=1S/C32H29N7O7/c1-2-45-32-35-27-12-6-11-26(31(41)42)28(27)37(32)18-20-13-15-22(16-14-20)24-9-3-4-10-25(24)29(33)36-38(34)30(40)23-8-5-7-21(17-23)19-46-39(43)44/h3-17H,2,18-19,34H2,1H3,(H2,33,36)(H,41,42). The SMILES string of the molecule is CCOc1nc2cccc(C(=O)O)c2n1Cc1ccc(-c2ccccc2/C(N)=N/N(N)C(=O)c2cccc(CO[N+](=O)[O-])c2)cc1. The van der Waals surface area contributed by atoms with Crippen LogP contribution in [-0.4, -0.2) is 49.2 Å². The molecule has 0 saturated carbocycles. The number of carbonyl (C=O) groups is 2. The van der Waals surface area contributed by atoms with Crippen molar-refractivity contribution >= 4 is 28.7 Å². The number of carboxylic acids is 1. The quantitative estimate of drug-likeness (QED) is 0.0452. The van der Waals surface area contributed by atoms with Crippen molar-refractivity contribution in [3.05, 3.63) is 129 Å². The van der Waals surface area contributed by atoms with Crippen molar-refractivity contribution in [2.45, 2.75) is 20.1 Å². The minimum atomic E-state index is -1.06. The van der Waals surface area contributed by atoms with Crippen LogP contribution in [0.4, 0.5) is 0 Å². The highest BCUT2D eigenvalue weighted by molar-refractivity contribution is 6.04. The lowest BCUT2D eigenvalue weighted by Gasteiger charge is -2.15. The predicted octanol–water partition coefficient (Wildman–Crippen LogP) is 4.19. The van der Waals surface area contributed by atoms with Gasteiger partial charge in [0.1, 0.15) is 6.61 Å². The van der Waals surface area contributed by atoms with Crippen LogP contribution in [0, 0.1) is 10.1 Å². The fourth-order valence-corrected chi connectivity index (χ4v) is 4.92. The van der Waals surface area contributed by atoms with E-state index < -0.39 is 17.0 Å². The number of amides is 1. The minimum absolute atomic E-state index is 0.0178. The second kappa shape index (κ2) is 13.6. The van der Waals surface area contributed by atoms with Crippen molar-refractivity contribution in [1.29, 1.82) is 0 Å². The van der Waals surface area contributed by atoms with Crippen molar-refractivity contribution in [1.82, 2.24) is 14.7 Å². The number of aromatic carboxylic acids is 1. The normalized spacial score (nSPS) is 11.3. The van der Waals surface area contributed by atoms with Crippen LogP contribution in [0.3, 0.4) is 0 Å². The number of nitrogens with zero attached hydrogens (tertiary/aromatic N) is 5. The number of hydrazone groups is 1. The number of hydrazine groups is 1. The average molecular weight is 624 g/mol. The topological polar surface area (TPSA) is 201 Å². The van der Waals surface area contributed by atoms with Gasteiger partial charge in [-0.2, -0.15) is 10.1 Å². The lowest BCUT2D eigenvalue weighted by atomic mass is 9.98. The van der Waals surface area contributed by atoms with Crippen molar-refractivity contribution in [2.24, 2.45) is 16.7 Å². The molecule has 0 fully saturated rings. The Morgan fingerprint density at radius 2 is 1.72 bits per heavy atom. The Bertz CT molecular complexity index is 1950. The Morgan fingerprint density at radius 1 is 1.00 bits per heavy atom. The number of aromatic nitrogens is 2. The molecule has 0 aliphatic heterocycles. The maximum atomic E-state index is 12.9. The molecule has 5 N–H and O–H groups in total. The molecule has 0 saturated heterocycles. The molecule has 5 rings (SSSR count). The average Bonchev–Trinajstić information content (AvgIpc) is 3.40. The van der Waals surface area contributed by atoms with Crippen LogP contribution in [0.15, 0.2) is 96.1 Å². The number of nitrogens with two attached hydrogens (primary N) is 2. The van der Waals surface area contributed by atoms with Gasteiger partial charge in [0.05, 0.1) is 29.7 Å². The van der Waals surface area contributed by atoms with Gasteiger partial charge < -0.3 is 20.4 Å². The van der Waals surface area contributed by atoms with Crippen molar-refractivity contribution in [3.63, 3.8) is 0 Å². The Morgan fingerprint density at radius 3 is 2.43 bits per heavy atom. The van der Waals surface area contributed by atoms with E-state index in [2.05, 4.69) is 14.9 Å². The van der Waals surface area contributed by atoms with E-state index in [-0.39, 0.29) is 23.6 Å². The highest BCUT2D eigenvalue weighted by Crippen LogP contribution is 2.28. The number of amidine groups is 1. The van der Waals surface area contributed by atoms with E-state index in [4.69, 9.17) is 16.3 Å². The smallest absolute Gasteiger partial charge is 0.337 e. The highest BCUT2D eigenvalue weighted by Gasteiger charge is 2.19. The van der Waals surface area contributed by atoms with E-state index >= 15 is 0 Å². The van der Waals surface area contributed by atoms with E-state index in [0.717, 1.165) is 16.7 Å². The van der Waals surface area contributed by atoms with Crippen molar-refractivity contribution in [3.8, 4) is 17.1 Å². The van der Waals surface area contributed by atoms with E-state index in [1.54, 1.807) is 41.0 Å². The van der Waals surface area contributed by atoms with Crippen LogP contribution >= 0.6 is 0 Å². The summed E-state index contributed by atoms with van der Waals surface area (Å²) in [7, 11) is 0. The number of fused-ring (bicyclic) bond motifs is 1. The maximum absolute atomic E-state index is 12.9. The van der Waals surface area contributed by atoms with Gasteiger partial charge in [0.2, 0.25) is 0 Å². The lowest BCUT2D eigenvalue weighted by Crippen LogP contribution is -2.35. The summed E-state index contributed by atoms with van der Waals surface area (Å²) in [5.41, 5.74) is 10.9. The lowest BCUT2D eigenvalue weighted by molar-refractivity contribution is -0.763. The Balaban J connectivity index is 1.39. The van der Waals surface area contributed by atoms with Crippen molar-refractivity contribution in [2.75, 3.05) is 6.61 Å². The third kappa shape index (κ3) is 6.76. The molecule has 1 heterocycles. The monoisotopic (exact) mass is 623 g/mol. The molecular formula is C32H29N7O7. The van der Waals surface area contributed by atoms with Crippen LogP contribution in [0.25, 0.3) is 22.2 Å². The Kier molecular flexibility index (Phi) is 9.19. The minimum Gasteiger partial charge on any atom is -0.478 e. The van der Waals surface area contributed by atoms with Crippen molar-refractivity contribution < 1.29 is 29.4 Å². The number of rotatable bonds is 12. The summed E-state index contributed by atoms with van der Waals surface area (Å²) in [6.07, 6.45) is 0. The van der Waals surface area contributed by atoms with E-state index in [0.29, 0.717) is 46.4 Å². The van der Waals surface area contributed by atoms with Gasteiger partial charge in [-0.1, -0.05) is 66.7 Å². The van der Waals surface area contributed by atoms with E-state index in [1.165, 1.54) is 18.2 Å². The second-order valence-corrected chi connectivity index (χ2v) is 9.97. The molecule has 0 unspecified atom stereocenters. The number of ether oxygens (including phenoxy) is 1. The zero-order valence-corrected chi connectivity index (χ0v) is 24.6. The zero-order chi connectivity index (χ0) is 32.8.